The Morgan fingerprint density at radius 2 is 1.75 bits per heavy atom. The van der Waals surface area contributed by atoms with Gasteiger partial charge in [-0.2, -0.15) is 0 Å². The lowest BCUT2D eigenvalue weighted by Crippen LogP contribution is -2.40. The van der Waals surface area contributed by atoms with Crippen molar-refractivity contribution in [1.29, 1.82) is 0 Å². The van der Waals surface area contributed by atoms with E-state index in [0.717, 1.165) is 11.3 Å². The van der Waals surface area contributed by atoms with Crippen molar-refractivity contribution in [2.24, 2.45) is 11.8 Å². The number of likely N-dealkylation sites (tertiary alicyclic amines) is 1. The molecular weight excluding hydrogens is 220 g/mol. The van der Waals surface area contributed by atoms with E-state index in [-0.39, 0.29) is 11.8 Å². The third-order valence-electron chi connectivity index (χ3n) is 3.34. The predicted octanol–water partition coefficient (Wildman–Crippen LogP) is 0.398. The minimum absolute atomic E-state index is 0.336. The first kappa shape index (κ1) is 11.4. The number of hydrogen-bond acceptors (Lipinski definition) is 3. The van der Waals surface area contributed by atoms with Gasteiger partial charge in [0.25, 0.3) is 6.43 Å². The first-order valence-corrected chi connectivity index (χ1v) is 5.34. The highest BCUT2D eigenvalue weighted by molar-refractivity contribution is 6.05. The van der Waals surface area contributed by atoms with Crippen LogP contribution in [-0.4, -0.2) is 40.9 Å². The Hall–Kier alpha value is -1.04. The van der Waals surface area contributed by atoms with Crippen molar-refractivity contribution in [2.75, 3.05) is 6.54 Å². The van der Waals surface area contributed by atoms with Crippen molar-refractivity contribution in [3.8, 4) is 0 Å². The number of alkyl halides is 2. The highest BCUT2D eigenvalue weighted by Crippen LogP contribution is 2.39. The molecule has 0 aromatic rings. The summed E-state index contributed by atoms with van der Waals surface area (Å²) in [5.41, 5.74) is 0. The largest absolute Gasteiger partial charge is 0.385 e. The highest BCUT2D eigenvalue weighted by atomic mass is 19.3. The van der Waals surface area contributed by atoms with Crippen molar-refractivity contribution in [2.45, 2.75) is 31.8 Å². The van der Waals surface area contributed by atoms with Crippen molar-refractivity contribution in [3.63, 3.8) is 0 Å². The van der Waals surface area contributed by atoms with Crippen LogP contribution in [0.2, 0.25) is 0 Å². The topological polar surface area (TPSA) is 57.6 Å². The van der Waals surface area contributed by atoms with Gasteiger partial charge in [0.15, 0.2) is 0 Å². The van der Waals surface area contributed by atoms with E-state index in [2.05, 4.69) is 0 Å². The molecule has 0 aromatic heterocycles. The minimum Gasteiger partial charge on any atom is -0.385 e. The van der Waals surface area contributed by atoms with E-state index >= 15 is 0 Å². The van der Waals surface area contributed by atoms with Crippen LogP contribution in [-0.2, 0) is 9.59 Å². The first-order valence-electron chi connectivity index (χ1n) is 5.34. The number of carbonyl (C=O) groups is 2. The number of imide groups is 1. The Morgan fingerprint density at radius 3 is 2.19 bits per heavy atom. The zero-order valence-electron chi connectivity index (χ0n) is 8.60. The van der Waals surface area contributed by atoms with E-state index in [1.54, 1.807) is 0 Å². The number of fused-ring (bicyclic) bond motifs is 1. The number of halogens is 2. The third-order valence-corrected chi connectivity index (χ3v) is 3.34. The number of hydrogen-bond donors (Lipinski definition) is 1. The number of nitrogens with zero attached hydrogens (tertiary/aromatic N) is 1. The van der Waals surface area contributed by atoms with Crippen LogP contribution in [0, 0.1) is 11.8 Å². The normalized spacial score (nSPS) is 31.4. The summed E-state index contributed by atoms with van der Waals surface area (Å²) in [6, 6.07) is 0. The average molecular weight is 233 g/mol. The molecule has 2 amide bonds. The summed E-state index contributed by atoms with van der Waals surface area (Å²) in [7, 11) is 0. The van der Waals surface area contributed by atoms with Gasteiger partial charge in [0.1, 0.15) is 6.10 Å². The van der Waals surface area contributed by atoms with E-state index in [4.69, 9.17) is 5.11 Å². The van der Waals surface area contributed by atoms with Gasteiger partial charge >= 0.3 is 0 Å². The molecule has 1 N–H and O–H groups in total. The van der Waals surface area contributed by atoms with Crippen molar-refractivity contribution < 1.29 is 23.5 Å². The molecule has 1 saturated carbocycles. The molecule has 90 valence electrons. The summed E-state index contributed by atoms with van der Waals surface area (Å²) in [6.07, 6.45) is -2.74. The lowest BCUT2D eigenvalue weighted by Gasteiger charge is -2.19. The van der Waals surface area contributed by atoms with Crippen LogP contribution >= 0.6 is 0 Å². The van der Waals surface area contributed by atoms with Crippen LogP contribution in [0.15, 0.2) is 0 Å². The van der Waals surface area contributed by atoms with Gasteiger partial charge < -0.3 is 5.11 Å². The number of β-amino-alcohol motifs (C(OH)–C–C–N with tert-alkyl or cyclic N) is 1. The number of aliphatic hydroxyl groups is 1. The molecule has 1 aliphatic heterocycles. The Balaban J connectivity index is 2.06. The Labute approximate surface area is 91.2 Å². The molecule has 0 bridgehead atoms. The van der Waals surface area contributed by atoms with Crippen LogP contribution in [0.4, 0.5) is 8.78 Å². The monoisotopic (exact) mass is 233 g/mol. The second-order valence-corrected chi connectivity index (χ2v) is 4.33. The van der Waals surface area contributed by atoms with E-state index < -0.39 is 30.9 Å². The lowest BCUT2D eigenvalue weighted by molar-refractivity contribution is -0.143. The summed E-state index contributed by atoms with van der Waals surface area (Å²) in [4.78, 5) is 24.2. The Kier molecular flexibility index (Phi) is 2.92. The molecule has 0 radical (unpaired) electrons. The Morgan fingerprint density at radius 1 is 1.25 bits per heavy atom. The van der Waals surface area contributed by atoms with Gasteiger partial charge in [-0.1, -0.05) is 6.42 Å². The van der Waals surface area contributed by atoms with Crippen molar-refractivity contribution >= 4 is 11.8 Å². The van der Waals surface area contributed by atoms with Gasteiger partial charge in [-0.3, -0.25) is 14.5 Å². The van der Waals surface area contributed by atoms with Crippen LogP contribution in [0.1, 0.15) is 19.3 Å². The first-order chi connectivity index (χ1) is 7.52. The summed E-state index contributed by atoms with van der Waals surface area (Å²) < 4.78 is 24.3. The van der Waals surface area contributed by atoms with E-state index in [1.165, 1.54) is 0 Å². The summed E-state index contributed by atoms with van der Waals surface area (Å²) in [6.45, 7) is -0.581. The quantitative estimate of drug-likeness (QED) is 0.718. The molecule has 1 aliphatic carbocycles. The molecule has 1 saturated heterocycles. The molecule has 3 atom stereocenters. The Bertz CT molecular complexity index is 299. The fraction of sp³-hybridized carbons (Fsp3) is 0.800. The number of aliphatic hydroxyl groups excluding tert-OH is 1. The molecule has 3 unspecified atom stereocenters. The molecule has 2 aliphatic rings. The van der Waals surface area contributed by atoms with Gasteiger partial charge in [-0.05, 0) is 12.8 Å². The van der Waals surface area contributed by atoms with Gasteiger partial charge in [-0.25, -0.2) is 8.78 Å². The number of carbonyl (C=O) groups excluding carboxylic acids is 2. The zero-order chi connectivity index (χ0) is 11.9. The van der Waals surface area contributed by atoms with Crippen LogP contribution < -0.4 is 0 Å². The van der Waals surface area contributed by atoms with Gasteiger partial charge in [0, 0.05) is 0 Å². The zero-order valence-corrected chi connectivity index (χ0v) is 8.60. The van der Waals surface area contributed by atoms with E-state index in [1.807, 2.05) is 0 Å². The fourth-order valence-corrected chi connectivity index (χ4v) is 2.51. The highest BCUT2D eigenvalue weighted by Gasteiger charge is 2.50. The van der Waals surface area contributed by atoms with Gasteiger partial charge in [0.05, 0.1) is 18.4 Å². The number of rotatable bonds is 3. The van der Waals surface area contributed by atoms with Crippen LogP contribution in [0.5, 0.6) is 0 Å². The summed E-state index contributed by atoms with van der Waals surface area (Å²) >= 11 is 0. The second-order valence-electron chi connectivity index (χ2n) is 4.33. The maximum absolute atomic E-state index is 12.1. The van der Waals surface area contributed by atoms with Crippen LogP contribution in [0.3, 0.4) is 0 Å². The third kappa shape index (κ3) is 1.71. The molecule has 0 spiro atoms. The van der Waals surface area contributed by atoms with Crippen molar-refractivity contribution in [3.05, 3.63) is 0 Å². The predicted molar refractivity (Wildman–Crippen MR) is 49.6 cm³/mol. The fourth-order valence-electron chi connectivity index (χ4n) is 2.51. The van der Waals surface area contributed by atoms with Crippen LogP contribution in [0.25, 0.3) is 0 Å². The molecular formula is C10H13F2NO3. The average Bonchev–Trinajstić information content (AvgIpc) is 2.78. The van der Waals surface area contributed by atoms with E-state index in [0.29, 0.717) is 12.8 Å². The standard InChI is InChI=1S/C10H13F2NO3/c11-8(12)7(14)4-13-9(15)5-2-1-3-6(5)10(13)16/h5-8,14H,1-4H2. The smallest absolute Gasteiger partial charge is 0.265 e. The molecule has 2 fully saturated rings. The van der Waals surface area contributed by atoms with E-state index in [9.17, 15) is 18.4 Å². The maximum Gasteiger partial charge on any atom is 0.265 e. The maximum atomic E-state index is 12.1. The molecule has 0 aromatic carbocycles. The molecule has 16 heavy (non-hydrogen) atoms. The lowest BCUT2D eigenvalue weighted by atomic mass is 10.00. The molecule has 4 nitrogen and oxygen atoms in total. The second kappa shape index (κ2) is 4.08. The molecule has 2 rings (SSSR count). The van der Waals surface area contributed by atoms with Crippen molar-refractivity contribution in [1.82, 2.24) is 4.90 Å². The summed E-state index contributed by atoms with van der Waals surface area (Å²) in [5.74, 6) is -1.46. The summed E-state index contributed by atoms with van der Waals surface area (Å²) in [5, 5.41) is 8.99. The van der Waals surface area contributed by atoms with Gasteiger partial charge in [0.2, 0.25) is 11.8 Å². The molecule has 1 heterocycles. The minimum atomic E-state index is -2.93. The molecule has 6 heteroatoms. The van der Waals surface area contributed by atoms with Gasteiger partial charge in [-0.15, -0.1) is 0 Å². The SMILES string of the molecule is O=C1C2CCCC2C(=O)N1CC(O)C(F)F. The number of amides is 2.